The summed E-state index contributed by atoms with van der Waals surface area (Å²) in [7, 11) is 1.63. The van der Waals surface area contributed by atoms with E-state index in [1.165, 1.54) is 83.5 Å². The van der Waals surface area contributed by atoms with E-state index in [0.29, 0.717) is 25.2 Å². The van der Waals surface area contributed by atoms with Gasteiger partial charge >= 0.3 is 11.9 Å². The Bertz CT molecular complexity index is 1160. The topological polar surface area (TPSA) is 91.3 Å². The maximum absolute atomic E-state index is 12.9. The second-order valence-corrected chi connectivity index (χ2v) is 13.0. The van der Waals surface area contributed by atoms with E-state index in [0.717, 1.165) is 42.6 Å². The lowest BCUT2D eigenvalue weighted by molar-refractivity contribution is -0.156. The summed E-state index contributed by atoms with van der Waals surface area (Å²) < 4.78 is 23.3. The van der Waals surface area contributed by atoms with Gasteiger partial charge in [-0.05, 0) is 49.1 Å². The van der Waals surface area contributed by atoms with Crippen molar-refractivity contribution < 1.29 is 33.6 Å². The fourth-order valence-corrected chi connectivity index (χ4v) is 6.06. The Morgan fingerprint density at radius 1 is 0.745 bits per heavy atom. The second kappa shape index (κ2) is 23.1. The van der Waals surface area contributed by atoms with Gasteiger partial charge in [0.15, 0.2) is 5.60 Å². The van der Waals surface area contributed by atoms with Gasteiger partial charge in [0.05, 0.1) is 20.3 Å². The summed E-state index contributed by atoms with van der Waals surface area (Å²) in [6, 6.07) is 17.4. The Balaban J connectivity index is 1.26. The van der Waals surface area contributed by atoms with Crippen molar-refractivity contribution in [1.29, 1.82) is 0 Å². The molecule has 7 nitrogen and oxygen atoms in total. The molecule has 2 aromatic rings. The summed E-state index contributed by atoms with van der Waals surface area (Å²) in [6.45, 7) is 0.926. The van der Waals surface area contributed by atoms with Crippen LogP contribution in [0.1, 0.15) is 128 Å². The second-order valence-electron chi connectivity index (χ2n) is 13.0. The molecule has 7 heteroatoms. The number of carbonyl (C=O) groups excluding carboxylic acids is 1. The van der Waals surface area contributed by atoms with Crippen LogP contribution in [0, 0.1) is 0 Å². The fourth-order valence-electron chi connectivity index (χ4n) is 6.06. The van der Waals surface area contributed by atoms with E-state index in [4.69, 9.17) is 24.1 Å². The monoisotopic (exact) mass is 650 g/mol. The molecule has 1 saturated heterocycles. The fraction of sp³-hybridized carbons (Fsp3) is 0.600. The van der Waals surface area contributed by atoms with E-state index in [1.807, 2.05) is 54.6 Å². The minimum absolute atomic E-state index is 0.217. The maximum Gasteiger partial charge on any atom is 0.334 e. The Morgan fingerprint density at radius 2 is 1.28 bits per heavy atom. The lowest BCUT2D eigenvalue weighted by atomic mass is 9.98. The Hall–Kier alpha value is -3.32. The Morgan fingerprint density at radius 3 is 1.83 bits per heavy atom. The first kappa shape index (κ1) is 38.1. The average molecular weight is 651 g/mol. The van der Waals surface area contributed by atoms with Crippen LogP contribution in [0.2, 0.25) is 0 Å². The molecule has 0 aliphatic carbocycles. The number of cyclic esters (lactones) is 1. The Labute approximate surface area is 283 Å². The molecular formula is C40H58O7. The van der Waals surface area contributed by atoms with Gasteiger partial charge in [0.1, 0.15) is 18.1 Å². The minimum Gasteiger partial charge on any atom is -0.497 e. The van der Waals surface area contributed by atoms with Gasteiger partial charge in [0.2, 0.25) is 0 Å². The third kappa shape index (κ3) is 16.4. The van der Waals surface area contributed by atoms with E-state index in [2.05, 4.69) is 6.08 Å². The van der Waals surface area contributed by atoms with Crippen molar-refractivity contribution in [2.45, 2.75) is 134 Å². The highest BCUT2D eigenvalue weighted by Gasteiger charge is 2.45. The number of hydrogen-bond acceptors (Lipinski definition) is 6. The van der Waals surface area contributed by atoms with Gasteiger partial charge in [0, 0.05) is 18.4 Å². The number of benzene rings is 2. The van der Waals surface area contributed by atoms with E-state index < -0.39 is 11.6 Å². The predicted octanol–water partition coefficient (Wildman–Crippen LogP) is 10.0. The van der Waals surface area contributed by atoms with Crippen LogP contribution < -0.4 is 9.47 Å². The molecule has 2 aromatic carbocycles. The molecule has 3 rings (SSSR count). The molecule has 0 radical (unpaired) electrons. The summed E-state index contributed by atoms with van der Waals surface area (Å²) in [6.07, 6.45) is 23.4. The average Bonchev–Trinajstić information content (AvgIpc) is 3.40. The van der Waals surface area contributed by atoms with Gasteiger partial charge in [-0.2, -0.15) is 0 Å². The molecule has 47 heavy (non-hydrogen) atoms. The van der Waals surface area contributed by atoms with Crippen LogP contribution in [-0.4, -0.2) is 43.0 Å². The molecule has 1 heterocycles. The largest absolute Gasteiger partial charge is 0.497 e. The molecule has 260 valence electrons. The molecule has 1 unspecified atom stereocenters. The summed E-state index contributed by atoms with van der Waals surface area (Å²) in [5.74, 6) is 0.510. The van der Waals surface area contributed by atoms with Crippen LogP contribution >= 0.6 is 0 Å². The van der Waals surface area contributed by atoms with Crippen LogP contribution in [0.4, 0.5) is 0 Å². The first-order valence-electron chi connectivity index (χ1n) is 18.0. The molecule has 0 spiro atoms. The molecule has 1 aliphatic heterocycles. The number of carboxylic acid groups (broad SMARTS) is 1. The number of carboxylic acids is 1. The molecule has 0 saturated carbocycles. The van der Waals surface area contributed by atoms with E-state index in [9.17, 15) is 9.59 Å². The quantitative estimate of drug-likeness (QED) is 0.0584. The highest BCUT2D eigenvalue weighted by Crippen LogP contribution is 2.33. The number of ether oxygens (including phenoxy) is 4. The first-order valence-corrected chi connectivity index (χ1v) is 18.0. The molecule has 1 fully saturated rings. The number of aliphatic carboxylic acids is 1. The number of carbonyl (C=O) groups is 2. The zero-order valence-electron chi connectivity index (χ0n) is 28.7. The molecule has 0 amide bonds. The van der Waals surface area contributed by atoms with Crippen molar-refractivity contribution in [2.75, 3.05) is 20.3 Å². The minimum atomic E-state index is -0.859. The summed E-state index contributed by atoms with van der Waals surface area (Å²) in [5.41, 5.74) is 0.939. The molecule has 0 bridgehead atoms. The zero-order valence-corrected chi connectivity index (χ0v) is 28.7. The van der Waals surface area contributed by atoms with Crippen LogP contribution in [0.5, 0.6) is 11.5 Å². The summed E-state index contributed by atoms with van der Waals surface area (Å²) in [5, 5.41) is 8.67. The number of hydrogen-bond donors (Lipinski definition) is 1. The summed E-state index contributed by atoms with van der Waals surface area (Å²) in [4.78, 5) is 23.4. The molecular weight excluding hydrogens is 592 g/mol. The third-order valence-corrected chi connectivity index (χ3v) is 8.86. The molecule has 0 aromatic heterocycles. The number of unbranched alkanes of at least 4 members (excludes halogenated alkanes) is 16. The summed E-state index contributed by atoms with van der Waals surface area (Å²) >= 11 is 0. The van der Waals surface area contributed by atoms with Crippen LogP contribution in [0.3, 0.4) is 0 Å². The molecule has 1 N–H and O–H groups in total. The number of rotatable bonds is 27. The van der Waals surface area contributed by atoms with Crippen molar-refractivity contribution in [3.05, 3.63) is 71.8 Å². The van der Waals surface area contributed by atoms with Gasteiger partial charge in [-0.15, -0.1) is 0 Å². The van der Waals surface area contributed by atoms with Crippen LogP contribution in [0.15, 0.2) is 66.2 Å². The van der Waals surface area contributed by atoms with Gasteiger partial charge in [0.25, 0.3) is 0 Å². The van der Waals surface area contributed by atoms with E-state index in [1.54, 1.807) is 7.11 Å². The lowest BCUT2D eigenvalue weighted by Gasteiger charge is -2.27. The Kier molecular flexibility index (Phi) is 18.7. The number of esters is 1. The third-order valence-electron chi connectivity index (χ3n) is 8.86. The van der Waals surface area contributed by atoms with Crippen molar-refractivity contribution in [3.63, 3.8) is 0 Å². The van der Waals surface area contributed by atoms with Crippen molar-refractivity contribution in [3.8, 4) is 11.5 Å². The van der Waals surface area contributed by atoms with Gasteiger partial charge in [-0.25, -0.2) is 4.79 Å². The van der Waals surface area contributed by atoms with Gasteiger partial charge in [-0.3, -0.25) is 4.79 Å². The highest BCUT2D eigenvalue weighted by atomic mass is 16.6. The van der Waals surface area contributed by atoms with Crippen LogP contribution in [-0.2, 0) is 25.7 Å². The number of methoxy groups -OCH3 is 1. The SMILES string of the molecule is COc1ccc(OCC2(COCc3ccccc3)C/C(=C\CCCCCCCCCCCCCCCCCCC(=O)O)C(=O)O2)cc1. The molecule has 1 aliphatic rings. The maximum atomic E-state index is 12.9. The van der Waals surface area contributed by atoms with Gasteiger partial charge in [-0.1, -0.05) is 126 Å². The first-order chi connectivity index (χ1) is 23.0. The predicted molar refractivity (Wildman–Crippen MR) is 187 cm³/mol. The van der Waals surface area contributed by atoms with Gasteiger partial charge < -0.3 is 24.1 Å². The van der Waals surface area contributed by atoms with Crippen molar-refractivity contribution in [1.82, 2.24) is 0 Å². The number of allylic oxidation sites excluding steroid dienone is 1. The van der Waals surface area contributed by atoms with Crippen LogP contribution in [0.25, 0.3) is 0 Å². The normalized spacial score (nSPS) is 16.8. The standard InChI is InChI=1S/C40H58O7/c1-44-36-26-28-37(29-27-36)46-33-40(32-45-31-34-22-18-17-19-23-34)30-35(39(43)47-40)24-20-15-13-11-9-7-5-3-2-4-6-8-10-12-14-16-21-25-38(41)42/h17-19,22-24,26-29H,2-16,20-21,25,30-33H2,1H3,(H,41,42)/b35-24+. The van der Waals surface area contributed by atoms with E-state index in [-0.39, 0.29) is 19.2 Å². The van der Waals surface area contributed by atoms with Crippen molar-refractivity contribution >= 4 is 11.9 Å². The van der Waals surface area contributed by atoms with Crippen molar-refractivity contribution in [2.24, 2.45) is 0 Å². The van der Waals surface area contributed by atoms with E-state index >= 15 is 0 Å². The zero-order chi connectivity index (χ0) is 33.4. The lowest BCUT2D eigenvalue weighted by Crippen LogP contribution is -2.40. The highest BCUT2D eigenvalue weighted by molar-refractivity contribution is 5.91. The smallest absolute Gasteiger partial charge is 0.334 e. The molecule has 1 atom stereocenters.